The van der Waals surface area contributed by atoms with Crippen LogP contribution in [0.4, 0.5) is 5.69 Å². The van der Waals surface area contributed by atoms with Crippen molar-refractivity contribution in [3.8, 4) is 0 Å². The van der Waals surface area contributed by atoms with E-state index in [2.05, 4.69) is 10.5 Å². The number of nitrogens with zero attached hydrogens (tertiary/aromatic N) is 1. The van der Waals surface area contributed by atoms with Gasteiger partial charge in [-0.2, -0.15) is 0 Å². The maximum Gasteiger partial charge on any atom is 0.228 e. The van der Waals surface area contributed by atoms with Crippen LogP contribution in [0.25, 0.3) is 0 Å². The highest BCUT2D eigenvalue weighted by atomic mass is 16.5. The molecule has 0 spiro atoms. The lowest BCUT2D eigenvalue weighted by Crippen LogP contribution is -2.15. The van der Waals surface area contributed by atoms with Gasteiger partial charge >= 0.3 is 0 Å². The summed E-state index contributed by atoms with van der Waals surface area (Å²) in [5.41, 5.74) is 3.45. The van der Waals surface area contributed by atoms with Gasteiger partial charge in [-0.3, -0.25) is 4.79 Å². The first-order valence-electron chi connectivity index (χ1n) is 7.01. The van der Waals surface area contributed by atoms with Crippen LogP contribution in [-0.2, 0) is 17.6 Å². The first-order chi connectivity index (χ1) is 10.1. The Balaban J connectivity index is 1.99. The van der Waals surface area contributed by atoms with Crippen LogP contribution in [0.1, 0.15) is 29.0 Å². The van der Waals surface area contributed by atoms with Gasteiger partial charge in [-0.1, -0.05) is 17.3 Å². The highest BCUT2D eigenvalue weighted by Crippen LogP contribution is 2.16. The molecule has 0 unspecified atom stereocenters. The van der Waals surface area contributed by atoms with E-state index < -0.39 is 0 Å². The topological polar surface area (TPSA) is 75.4 Å². The van der Waals surface area contributed by atoms with Crippen molar-refractivity contribution in [3.63, 3.8) is 0 Å². The van der Waals surface area contributed by atoms with E-state index >= 15 is 0 Å². The van der Waals surface area contributed by atoms with Crippen LogP contribution in [0.5, 0.6) is 0 Å². The molecule has 5 heteroatoms. The zero-order valence-corrected chi connectivity index (χ0v) is 12.3. The Morgan fingerprint density at radius 1 is 1.38 bits per heavy atom. The number of aliphatic hydroxyl groups is 1. The molecule has 1 heterocycles. The van der Waals surface area contributed by atoms with Crippen molar-refractivity contribution in [2.24, 2.45) is 0 Å². The van der Waals surface area contributed by atoms with Gasteiger partial charge in [-0.25, -0.2) is 0 Å². The molecule has 112 valence electrons. The zero-order valence-electron chi connectivity index (χ0n) is 12.3. The van der Waals surface area contributed by atoms with E-state index in [1.807, 2.05) is 31.2 Å². The molecule has 1 amide bonds. The number of hydrogen-bond donors (Lipinski definition) is 2. The van der Waals surface area contributed by atoms with Crippen LogP contribution in [-0.4, -0.2) is 22.8 Å². The number of carbonyl (C=O) groups excluding carboxylic acids is 1. The van der Waals surface area contributed by atoms with Gasteiger partial charge in [0.2, 0.25) is 5.91 Å². The van der Waals surface area contributed by atoms with Crippen molar-refractivity contribution in [1.29, 1.82) is 0 Å². The molecule has 2 aromatic rings. The maximum atomic E-state index is 12.1. The summed E-state index contributed by atoms with van der Waals surface area (Å²) in [4.78, 5) is 12.1. The van der Waals surface area contributed by atoms with E-state index in [0.717, 1.165) is 35.3 Å². The molecule has 0 saturated heterocycles. The van der Waals surface area contributed by atoms with Gasteiger partial charge < -0.3 is 14.9 Å². The Morgan fingerprint density at radius 2 is 2.19 bits per heavy atom. The first-order valence-corrected chi connectivity index (χ1v) is 7.01. The summed E-state index contributed by atoms with van der Waals surface area (Å²) in [6.45, 7) is 3.80. The third kappa shape index (κ3) is 4.16. The van der Waals surface area contributed by atoms with E-state index in [-0.39, 0.29) is 18.9 Å². The quantitative estimate of drug-likeness (QED) is 0.856. The Bertz CT molecular complexity index is 600. The normalized spacial score (nSPS) is 10.6. The van der Waals surface area contributed by atoms with Crippen molar-refractivity contribution in [2.75, 3.05) is 11.9 Å². The Kier molecular flexibility index (Phi) is 5.11. The Morgan fingerprint density at radius 3 is 2.86 bits per heavy atom. The molecule has 0 aliphatic carbocycles. The summed E-state index contributed by atoms with van der Waals surface area (Å²) >= 11 is 0. The van der Waals surface area contributed by atoms with E-state index in [1.165, 1.54) is 0 Å². The average molecular weight is 288 g/mol. The predicted octanol–water partition coefficient (Wildman–Crippen LogP) is 2.40. The molecular weight excluding hydrogens is 268 g/mol. The summed E-state index contributed by atoms with van der Waals surface area (Å²) in [5, 5.41) is 15.6. The lowest BCUT2D eigenvalue weighted by Gasteiger charge is -2.07. The molecule has 1 aromatic carbocycles. The Labute approximate surface area is 124 Å². The molecule has 0 fully saturated rings. The first kappa shape index (κ1) is 15.3. The fourth-order valence-corrected chi connectivity index (χ4v) is 2.21. The molecule has 2 rings (SSSR count). The second-order valence-electron chi connectivity index (χ2n) is 5.06. The van der Waals surface area contributed by atoms with Crippen molar-refractivity contribution < 1.29 is 14.4 Å². The number of rotatable bonds is 6. The van der Waals surface area contributed by atoms with Crippen molar-refractivity contribution in [2.45, 2.75) is 33.1 Å². The highest BCUT2D eigenvalue weighted by molar-refractivity contribution is 5.92. The van der Waals surface area contributed by atoms with E-state index in [0.29, 0.717) is 5.76 Å². The second kappa shape index (κ2) is 7.04. The molecule has 0 aliphatic rings. The van der Waals surface area contributed by atoms with Crippen LogP contribution in [0, 0.1) is 13.8 Å². The molecule has 1 aromatic heterocycles. The summed E-state index contributed by atoms with van der Waals surface area (Å²) in [6, 6.07) is 7.67. The average Bonchev–Trinajstić information content (AvgIpc) is 2.77. The molecule has 0 radical (unpaired) electrons. The predicted molar refractivity (Wildman–Crippen MR) is 80.2 cm³/mol. The maximum absolute atomic E-state index is 12.1. The van der Waals surface area contributed by atoms with Gasteiger partial charge in [-0.05, 0) is 44.4 Å². The van der Waals surface area contributed by atoms with Gasteiger partial charge in [0, 0.05) is 17.9 Å². The van der Waals surface area contributed by atoms with Crippen LogP contribution < -0.4 is 5.32 Å². The summed E-state index contributed by atoms with van der Waals surface area (Å²) in [7, 11) is 0. The van der Waals surface area contributed by atoms with Gasteiger partial charge in [0.25, 0.3) is 0 Å². The minimum Gasteiger partial charge on any atom is -0.396 e. The summed E-state index contributed by atoms with van der Waals surface area (Å²) in [5.74, 6) is 0.586. The fraction of sp³-hybridized carbons (Fsp3) is 0.375. The Hall–Kier alpha value is -2.14. The van der Waals surface area contributed by atoms with Gasteiger partial charge in [0.15, 0.2) is 0 Å². The van der Waals surface area contributed by atoms with Crippen LogP contribution in [0.15, 0.2) is 28.8 Å². The minimum absolute atomic E-state index is 0.0938. The number of anilines is 1. The van der Waals surface area contributed by atoms with Gasteiger partial charge in [0.05, 0.1) is 12.1 Å². The third-order valence-corrected chi connectivity index (χ3v) is 3.35. The van der Waals surface area contributed by atoms with E-state index in [1.54, 1.807) is 6.92 Å². The smallest absolute Gasteiger partial charge is 0.228 e. The number of nitrogens with one attached hydrogen (secondary N) is 1. The summed E-state index contributed by atoms with van der Waals surface area (Å²) in [6.07, 6.45) is 1.77. The van der Waals surface area contributed by atoms with Crippen LogP contribution >= 0.6 is 0 Å². The molecule has 0 saturated carbocycles. The molecule has 2 N–H and O–H groups in total. The molecular formula is C16H20N2O3. The third-order valence-electron chi connectivity index (χ3n) is 3.35. The zero-order chi connectivity index (χ0) is 15.2. The standard InChI is InChI=1S/C16H20N2O3/c1-11-15(12(2)21-18-11)10-16(20)17-14-7-3-5-13(9-14)6-4-8-19/h3,5,7,9,19H,4,6,8,10H2,1-2H3,(H,17,20). The number of aryl methyl sites for hydroxylation is 3. The van der Waals surface area contributed by atoms with Crippen LogP contribution in [0.3, 0.4) is 0 Å². The fourth-order valence-electron chi connectivity index (χ4n) is 2.21. The number of benzene rings is 1. The lowest BCUT2D eigenvalue weighted by atomic mass is 10.1. The SMILES string of the molecule is Cc1noc(C)c1CC(=O)Nc1cccc(CCCO)c1. The van der Waals surface area contributed by atoms with Gasteiger partial charge in [-0.15, -0.1) is 0 Å². The number of aliphatic hydroxyl groups excluding tert-OH is 1. The minimum atomic E-state index is -0.0938. The van der Waals surface area contributed by atoms with E-state index in [9.17, 15) is 4.79 Å². The molecule has 0 atom stereocenters. The monoisotopic (exact) mass is 288 g/mol. The number of aromatic nitrogens is 1. The van der Waals surface area contributed by atoms with Crippen molar-refractivity contribution >= 4 is 11.6 Å². The summed E-state index contributed by atoms with van der Waals surface area (Å²) < 4.78 is 5.06. The molecule has 0 bridgehead atoms. The molecule has 21 heavy (non-hydrogen) atoms. The van der Waals surface area contributed by atoms with Crippen LogP contribution in [0.2, 0.25) is 0 Å². The van der Waals surface area contributed by atoms with Gasteiger partial charge in [0.1, 0.15) is 5.76 Å². The second-order valence-corrected chi connectivity index (χ2v) is 5.06. The van der Waals surface area contributed by atoms with Crippen molar-refractivity contribution in [3.05, 3.63) is 46.8 Å². The molecule has 5 nitrogen and oxygen atoms in total. The molecule has 0 aliphatic heterocycles. The number of carbonyl (C=O) groups is 1. The highest BCUT2D eigenvalue weighted by Gasteiger charge is 2.13. The number of hydrogen-bond acceptors (Lipinski definition) is 4. The largest absolute Gasteiger partial charge is 0.396 e. The van der Waals surface area contributed by atoms with E-state index in [4.69, 9.17) is 9.63 Å². The lowest BCUT2D eigenvalue weighted by molar-refractivity contribution is -0.115. The van der Waals surface area contributed by atoms with Crippen molar-refractivity contribution in [1.82, 2.24) is 5.16 Å². The number of amides is 1.